The van der Waals surface area contributed by atoms with Gasteiger partial charge >= 0.3 is 0 Å². The second-order valence-corrected chi connectivity index (χ2v) is 7.55. The number of nitrogens with zero attached hydrogens (tertiary/aromatic N) is 3. The average molecular weight is 451 g/mol. The van der Waals surface area contributed by atoms with E-state index < -0.39 is 0 Å². The number of benzene rings is 3. The minimum atomic E-state index is -0.273. The third-order valence-electron chi connectivity index (χ3n) is 5.34. The molecule has 168 valence electrons. The van der Waals surface area contributed by atoms with Crippen molar-refractivity contribution in [3.8, 4) is 22.6 Å². The highest BCUT2D eigenvalue weighted by atomic mass is 16.5. The van der Waals surface area contributed by atoms with E-state index in [1.807, 2.05) is 66.7 Å². The first-order valence-electron chi connectivity index (χ1n) is 10.8. The summed E-state index contributed by atoms with van der Waals surface area (Å²) in [6, 6.07) is 24.9. The number of amides is 1. The van der Waals surface area contributed by atoms with Crippen LogP contribution in [0.3, 0.4) is 0 Å². The first-order chi connectivity index (χ1) is 16.7. The maximum Gasteiger partial charge on any atom is 0.261 e. The number of carbonyl (C=O) groups is 1. The normalized spacial score (nSPS) is 10.8. The van der Waals surface area contributed by atoms with Crippen LogP contribution in [-0.4, -0.2) is 32.3 Å². The Bertz CT molecular complexity index is 1510. The van der Waals surface area contributed by atoms with Crippen LogP contribution in [0, 0.1) is 0 Å². The van der Waals surface area contributed by atoms with Crippen molar-refractivity contribution in [3.63, 3.8) is 0 Å². The lowest BCUT2D eigenvalue weighted by Crippen LogP contribution is -2.17. The van der Waals surface area contributed by atoms with Crippen LogP contribution in [0.15, 0.2) is 96.2 Å². The third kappa shape index (κ3) is 4.29. The smallest absolute Gasteiger partial charge is 0.261 e. The molecular formula is C26H21N5O3. The molecule has 0 atom stereocenters. The van der Waals surface area contributed by atoms with Crippen LogP contribution in [0.4, 0.5) is 5.69 Å². The van der Waals surface area contributed by atoms with Crippen molar-refractivity contribution in [1.29, 1.82) is 0 Å². The number of aromatic amines is 1. The van der Waals surface area contributed by atoms with Gasteiger partial charge in [0.05, 0.1) is 36.9 Å². The van der Waals surface area contributed by atoms with Crippen molar-refractivity contribution >= 4 is 22.6 Å². The predicted octanol–water partition coefficient (Wildman–Crippen LogP) is 4.18. The van der Waals surface area contributed by atoms with Gasteiger partial charge in [0.1, 0.15) is 11.1 Å². The lowest BCUT2D eigenvalue weighted by Gasteiger charge is -2.13. The fourth-order valence-corrected chi connectivity index (χ4v) is 3.71. The summed E-state index contributed by atoms with van der Waals surface area (Å²) in [6.45, 7) is 0.222. The van der Waals surface area contributed by atoms with Crippen molar-refractivity contribution in [2.45, 2.75) is 6.42 Å². The van der Waals surface area contributed by atoms with E-state index in [4.69, 9.17) is 4.74 Å². The molecule has 2 aromatic heterocycles. The van der Waals surface area contributed by atoms with Gasteiger partial charge in [-0.15, -0.1) is 0 Å². The van der Waals surface area contributed by atoms with Crippen molar-refractivity contribution in [3.05, 3.63) is 102 Å². The van der Waals surface area contributed by atoms with Gasteiger partial charge in [-0.2, -0.15) is 5.10 Å². The molecule has 0 aliphatic heterocycles. The van der Waals surface area contributed by atoms with Gasteiger partial charge in [-0.25, -0.2) is 9.67 Å². The van der Waals surface area contributed by atoms with Gasteiger partial charge in [-0.05, 0) is 23.8 Å². The molecule has 34 heavy (non-hydrogen) atoms. The lowest BCUT2D eigenvalue weighted by molar-refractivity contribution is -0.116. The minimum absolute atomic E-state index is 0.162. The van der Waals surface area contributed by atoms with Crippen LogP contribution < -0.4 is 15.6 Å². The number of rotatable bonds is 7. The van der Waals surface area contributed by atoms with Gasteiger partial charge in [-0.3, -0.25) is 9.59 Å². The van der Waals surface area contributed by atoms with Crippen LogP contribution in [0.2, 0.25) is 0 Å². The number of fused-ring (bicyclic) bond motifs is 1. The van der Waals surface area contributed by atoms with Crippen LogP contribution in [0.5, 0.6) is 5.75 Å². The molecular weight excluding hydrogens is 430 g/mol. The van der Waals surface area contributed by atoms with Crippen molar-refractivity contribution < 1.29 is 9.53 Å². The summed E-state index contributed by atoms with van der Waals surface area (Å²) in [5, 5.41) is 7.58. The molecule has 8 heteroatoms. The van der Waals surface area contributed by atoms with Crippen LogP contribution >= 0.6 is 0 Å². The predicted molar refractivity (Wildman–Crippen MR) is 130 cm³/mol. The quantitative estimate of drug-likeness (QED) is 0.386. The zero-order valence-corrected chi connectivity index (χ0v) is 18.1. The van der Waals surface area contributed by atoms with Gasteiger partial charge in [0.15, 0.2) is 5.65 Å². The van der Waals surface area contributed by atoms with E-state index in [2.05, 4.69) is 20.4 Å². The second kappa shape index (κ2) is 9.41. The minimum Gasteiger partial charge on any atom is -0.492 e. The number of hydrogen-bond donors (Lipinski definition) is 2. The molecule has 0 aliphatic carbocycles. The highest BCUT2D eigenvalue weighted by Crippen LogP contribution is 2.29. The van der Waals surface area contributed by atoms with Crippen molar-refractivity contribution in [1.82, 2.24) is 19.7 Å². The number of H-pyrrole nitrogens is 1. The van der Waals surface area contributed by atoms with E-state index >= 15 is 0 Å². The molecule has 2 heterocycles. The fraction of sp³-hybridized carbons (Fsp3) is 0.0769. The van der Waals surface area contributed by atoms with Gasteiger partial charge in [-0.1, -0.05) is 60.7 Å². The highest BCUT2D eigenvalue weighted by Gasteiger charge is 2.14. The Labute approximate surface area is 194 Å². The standard InChI is InChI=1S/C26H21N5O3/c32-24(14-15-34-23-13-7-4-10-19(23)18-8-2-1-3-9-18)30-21-11-5-6-12-22(21)31-25-20(16-29-31)26(33)28-17-27-25/h1-13,16-17H,14-15H2,(H,30,32)(H,27,28,33). The maximum atomic E-state index is 12.7. The molecule has 3 aromatic carbocycles. The number of nitrogens with one attached hydrogen (secondary N) is 2. The van der Waals surface area contributed by atoms with E-state index in [0.717, 1.165) is 16.9 Å². The largest absolute Gasteiger partial charge is 0.492 e. The Hall–Kier alpha value is -4.72. The summed E-state index contributed by atoms with van der Waals surface area (Å²) in [5.41, 5.74) is 3.33. The van der Waals surface area contributed by atoms with Gasteiger partial charge in [0, 0.05) is 5.56 Å². The van der Waals surface area contributed by atoms with Crippen molar-refractivity contribution in [2.24, 2.45) is 0 Å². The molecule has 5 aromatic rings. The second-order valence-electron chi connectivity index (χ2n) is 7.55. The third-order valence-corrected chi connectivity index (χ3v) is 5.34. The van der Waals surface area contributed by atoms with Crippen LogP contribution in [-0.2, 0) is 4.79 Å². The van der Waals surface area contributed by atoms with E-state index in [1.165, 1.54) is 17.2 Å². The SMILES string of the molecule is O=C(CCOc1ccccc1-c1ccccc1)Nc1ccccc1-n1ncc2c(=O)[nH]cnc21. The Morgan fingerprint density at radius 2 is 1.74 bits per heavy atom. The van der Waals surface area contributed by atoms with E-state index in [0.29, 0.717) is 22.4 Å². The summed E-state index contributed by atoms with van der Waals surface area (Å²) in [7, 11) is 0. The molecule has 0 bridgehead atoms. The number of ether oxygens (including phenoxy) is 1. The molecule has 0 radical (unpaired) electrons. The number of aromatic nitrogens is 4. The molecule has 1 amide bonds. The molecule has 0 saturated carbocycles. The average Bonchev–Trinajstić information content (AvgIpc) is 3.31. The summed E-state index contributed by atoms with van der Waals surface area (Å²) in [5.74, 6) is 0.521. The van der Waals surface area contributed by atoms with E-state index in [-0.39, 0.29) is 24.5 Å². The highest BCUT2D eigenvalue weighted by molar-refractivity contribution is 5.93. The van der Waals surface area contributed by atoms with Gasteiger partial charge < -0.3 is 15.0 Å². The molecule has 8 nitrogen and oxygen atoms in total. The zero-order chi connectivity index (χ0) is 23.3. The lowest BCUT2D eigenvalue weighted by atomic mass is 10.1. The number of anilines is 1. The summed E-state index contributed by atoms with van der Waals surface area (Å²) in [4.78, 5) is 31.5. The van der Waals surface area contributed by atoms with Crippen molar-refractivity contribution in [2.75, 3.05) is 11.9 Å². The van der Waals surface area contributed by atoms with Gasteiger partial charge in [0.25, 0.3) is 5.56 Å². The molecule has 0 unspecified atom stereocenters. The molecule has 5 rings (SSSR count). The molecule has 0 saturated heterocycles. The summed E-state index contributed by atoms with van der Waals surface area (Å²) >= 11 is 0. The Balaban J connectivity index is 1.29. The van der Waals surface area contributed by atoms with Crippen LogP contribution in [0.25, 0.3) is 27.8 Å². The first kappa shape index (κ1) is 21.1. The zero-order valence-electron chi connectivity index (χ0n) is 18.1. The van der Waals surface area contributed by atoms with E-state index in [9.17, 15) is 9.59 Å². The summed E-state index contributed by atoms with van der Waals surface area (Å²) in [6.07, 6.45) is 2.95. The monoisotopic (exact) mass is 451 g/mol. The Morgan fingerprint density at radius 3 is 2.62 bits per heavy atom. The fourth-order valence-electron chi connectivity index (χ4n) is 3.71. The Kier molecular flexibility index (Phi) is 5.85. The number of para-hydroxylation sites is 3. The first-order valence-corrected chi connectivity index (χ1v) is 10.8. The molecule has 0 spiro atoms. The maximum absolute atomic E-state index is 12.7. The molecule has 0 fully saturated rings. The van der Waals surface area contributed by atoms with Crippen LogP contribution in [0.1, 0.15) is 6.42 Å². The molecule has 0 aliphatic rings. The summed E-state index contributed by atoms with van der Waals surface area (Å²) < 4.78 is 7.48. The topological polar surface area (TPSA) is 102 Å². The Morgan fingerprint density at radius 1 is 0.971 bits per heavy atom. The number of carbonyl (C=O) groups excluding carboxylic acids is 1. The van der Waals surface area contributed by atoms with Gasteiger partial charge in [0.2, 0.25) is 5.91 Å². The molecule has 2 N–H and O–H groups in total. The number of hydrogen-bond acceptors (Lipinski definition) is 5. The van der Waals surface area contributed by atoms with E-state index in [1.54, 1.807) is 12.1 Å².